The Morgan fingerprint density at radius 2 is 1.57 bits per heavy atom. The molecule has 0 aliphatic heterocycles. The highest BCUT2D eigenvalue weighted by molar-refractivity contribution is 7.11. The minimum Gasteiger partial charge on any atom is -0.480 e. The van der Waals surface area contributed by atoms with Crippen molar-refractivity contribution in [2.45, 2.75) is 45.1 Å². The van der Waals surface area contributed by atoms with Gasteiger partial charge in [-0.1, -0.05) is 78.9 Å². The van der Waals surface area contributed by atoms with Crippen molar-refractivity contribution in [1.82, 2.24) is 15.6 Å². The summed E-state index contributed by atoms with van der Waals surface area (Å²) in [5.74, 6) is -1.89. The number of nitrogens with one attached hydrogen (secondary N) is 2. The van der Waals surface area contributed by atoms with E-state index in [4.69, 9.17) is 9.47 Å². The van der Waals surface area contributed by atoms with E-state index >= 15 is 0 Å². The van der Waals surface area contributed by atoms with Crippen molar-refractivity contribution in [3.63, 3.8) is 0 Å². The van der Waals surface area contributed by atoms with E-state index in [1.807, 2.05) is 54.6 Å². The number of hydrogen-bond acceptors (Lipinski definition) is 7. The van der Waals surface area contributed by atoms with Gasteiger partial charge in [-0.3, -0.25) is 4.79 Å². The zero-order valence-corrected chi connectivity index (χ0v) is 24.0. The van der Waals surface area contributed by atoms with E-state index in [0.717, 1.165) is 27.8 Å². The lowest BCUT2D eigenvalue weighted by Crippen LogP contribution is -2.48. The summed E-state index contributed by atoms with van der Waals surface area (Å²) in [4.78, 5) is 42.4. The lowest BCUT2D eigenvalue weighted by atomic mass is 9.98. The molecule has 0 fully saturated rings. The molecule has 5 rings (SSSR count). The van der Waals surface area contributed by atoms with Gasteiger partial charge in [0.2, 0.25) is 0 Å². The number of aryl methyl sites for hydroxylation is 1. The predicted octanol–water partition coefficient (Wildman–Crippen LogP) is 5.28. The summed E-state index contributed by atoms with van der Waals surface area (Å²) in [6.07, 6.45) is -1.38. The Hall–Kier alpha value is -4.54. The number of nitrogens with zero attached hydrogens (tertiary/aromatic N) is 1. The van der Waals surface area contributed by atoms with Gasteiger partial charge in [-0.2, -0.15) is 0 Å². The second-order valence-corrected chi connectivity index (χ2v) is 11.3. The number of alkyl carbamates (subject to hydrolysis) is 1. The fourth-order valence-corrected chi connectivity index (χ4v) is 5.89. The first kappa shape index (κ1) is 29.0. The van der Waals surface area contributed by atoms with Crippen molar-refractivity contribution in [1.29, 1.82) is 0 Å². The molecule has 4 aromatic rings. The second-order valence-electron chi connectivity index (χ2n) is 9.98. The van der Waals surface area contributed by atoms with Crippen molar-refractivity contribution in [3.8, 4) is 11.1 Å². The highest BCUT2D eigenvalue weighted by Crippen LogP contribution is 2.44. The summed E-state index contributed by atoms with van der Waals surface area (Å²) in [5.41, 5.74) is 5.53. The normalized spacial score (nSPS) is 13.5. The van der Waals surface area contributed by atoms with E-state index in [0.29, 0.717) is 9.88 Å². The quantitative estimate of drug-likeness (QED) is 0.219. The van der Waals surface area contributed by atoms with E-state index < -0.39 is 30.1 Å². The first-order valence-electron chi connectivity index (χ1n) is 13.6. The molecule has 216 valence electrons. The number of rotatable bonds is 11. The number of carbonyl (C=O) groups is 3. The van der Waals surface area contributed by atoms with Crippen molar-refractivity contribution in [3.05, 3.63) is 111 Å². The van der Waals surface area contributed by atoms with Gasteiger partial charge < -0.3 is 25.2 Å². The summed E-state index contributed by atoms with van der Waals surface area (Å²) in [5, 5.41) is 15.4. The molecule has 0 bridgehead atoms. The van der Waals surface area contributed by atoms with Crippen LogP contribution in [0.25, 0.3) is 11.1 Å². The molecular formula is C32H31N3O6S. The number of amides is 2. The van der Waals surface area contributed by atoms with Gasteiger partial charge in [0.15, 0.2) is 6.04 Å². The van der Waals surface area contributed by atoms with Crippen LogP contribution in [0.3, 0.4) is 0 Å². The Morgan fingerprint density at radius 1 is 0.952 bits per heavy atom. The van der Waals surface area contributed by atoms with Gasteiger partial charge in [0.25, 0.3) is 5.91 Å². The maximum Gasteiger partial charge on any atom is 0.407 e. The van der Waals surface area contributed by atoms with Crippen LogP contribution in [0.15, 0.2) is 78.9 Å². The molecule has 0 saturated heterocycles. The Kier molecular flexibility index (Phi) is 8.94. The molecule has 42 heavy (non-hydrogen) atoms. The van der Waals surface area contributed by atoms with E-state index in [-0.39, 0.29) is 31.4 Å². The van der Waals surface area contributed by atoms with Crippen LogP contribution in [0.2, 0.25) is 0 Å². The standard InChI is InChI=1S/C32H31N3O6S/c1-19(40-17-21-10-4-3-5-11-21)28(31(37)38)35-30(36)29-20(2)42-27(34-29)16-33-32(39)41-18-26-24-14-8-6-12-22(24)23-13-7-9-15-25(23)26/h3-15,19,26,28H,16-18H2,1-2H3,(H,33,39)(H,35,36)(H,37,38)/t19-,28+/m1/s1. The maximum absolute atomic E-state index is 13.0. The zero-order chi connectivity index (χ0) is 29.6. The summed E-state index contributed by atoms with van der Waals surface area (Å²) in [7, 11) is 0. The fourth-order valence-electron chi connectivity index (χ4n) is 5.02. The molecule has 2 amide bonds. The molecule has 10 heteroatoms. The molecule has 0 unspecified atom stereocenters. The lowest BCUT2D eigenvalue weighted by Gasteiger charge is -2.21. The van der Waals surface area contributed by atoms with Gasteiger partial charge in [0.05, 0.1) is 19.3 Å². The molecular weight excluding hydrogens is 554 g/mol. The van der Waals surface area contributed by atoms with E-state index in [1.165, 1.54) is 11.3 Å². The van der Waals surface area contributed by atoms with Crippen LogP contribution < -0.4 is 10.6 Å². The number of hydrogen-bond donors (Lipinski definition) is 3. The molecule has 9 nitrogen and oxygen atoms in total. The van der Waals surface area contributed by atoms with E-state index in [1.54, 1.807) is 13.8 Å². The van der Waals surface area contributed by atoms with Gasteiger partial charge in [-0.15, -0.1) is 11.3 Å². The van der Waals surface area contributed by atoms with Crippen LogP contribution in [0.5, 0.6) is 0 Å². The summed E-state index contributed by atoms with van der Waals surface area (Å²) in [6.45, 7) is 3.77. The molecule has 0 spiro atoms. The number of carbonyl (C=O) groups excluding carboxylic acids is 2. The molecule has 0 radical (unpaired) electrons. The van der Waals surface area contributed by atoms with Gasteiger partial charge in [0.1, 0.15) is 17.3 Å². The van der Waals surface area contributed by atoms with Crippen molar-refractivity contribution in [2.75, 3.05) is 6.61 Å². The van der Waals surface area contributed by atoms with Gasteiger partial charge in [0, 0.05) is 10.8 Å². The van der Waals surface area contributed by atoms with Crippen molar-refractivity contribution in [2.24, 2.45) is 0 Å². The van der Waals surface area contributed by atoms with Crippen LogP contribution in [-0.2, 0) is 27.4 Å². The van der Waals surface area contributed by atoms with Gasteiger partial charge in [-0.05, 0) is 41.7 Å². The lowest BCUT2D eigenvalue weighted by molar-refractivity contribution is -0.143. The summed E-state index contributed by atoms with van der Waals surface area (Å²) in [6, 6.07) is 24.3. The molecule has 0 saturated carbocycles. The minimum atomic E-state index is -1.27. The number of fused-ring (bicyclic) bond motifs is 3. The third-order valence-electron chi connectivity index (χ3n) is 7.16. The van der Waals surface area contributed by atoms with Gasteiger partial charge in [-0.25, -0.2) is 14.6 Å². The number of thiazole rings is 1. The SMILES string of the molecule is Cc1sc(CNC(=O)OCC2c3ccccc3-c3ccccc32)nc1C(=O)N[C@H](C(=O)O)[C@@H](C)OCc1ccccc1. The molecule has 1 aliphatic carbocycles. The first-order valence-corrected chi connectivity index (χ1v) is 14.4. The molecule has 2 atom stereocenters. The monoisotopic (exact) mass is 585 g/mol. The van der Waals surface area contributed by atoms with E-state index in [2.05, 4.69) is 39.9 Å². The number of aromatic nitrogens is 1. The summed E-state index contributed by atoms with van der Waals surface area (Å²) >= 11 is 1.24. The third-order valence-corrected chi connectivity index (χ3v) is 8.13. The third kappa shape index (κ3) is 6.50. The molecule has 1 heterocycles. The Morgan fingerprint density at radius 3 is 2.21 bits per heavy atom. The summed E-state index contributed by atoms with van der Waals surface area (Å²) < 4.78 is 11.3. The molecule has 1 aliphatic rings. The van der Waals surface area contributed by atoms with Crippen molar-refractivity contribution >= 4 is 29.3 Å². The maximum atomic E-state index is 13.0. The number of ether oxygens (including phenoxy) is 2. The number of benzene rings is 3. The van der Waals surface area contributed by atoms with Crippen LogP contribution >= 0.6 is 11.3 Å². The Bertz CT molecular complexity index is 1540. The fraction of sp³-hybridized carbons (Fsp3) is 0.250. The Balaban J connectivity index is 1.14. The van der Waals surface area contributed by atoms with Crippen LogP contribution in [-0.4, -0.2) is 46.8 Å². The van der Waals surface area contributed by atoms with Crippen molar-refractivity contribution < 1.29 is 29.0 Å². The van der Waals surface area contributed by atoms with Crippen LogP contribution in [0, 0.1) is 6.92 Å². The smallest absolute Gasteiger partial charge is 0.407 e. The first-order chi connectivity index (χ1) is 20.3. The number of aliphatic carboxylic acids is 1. The Labute approximate surface area is 247 Å². The molecule has 3 aromatic carbocycles. The largest absolute Gasteiger partial charge is 0.480 e. The highest BCUT2D eigenvalue weighted by Gasteiger charge is 2.30. The average molecular weight is 586 g/mol. The molecule has 3 N–H and O–H groups in total. The predicted molar refractivity (Wildman–Crippen MR) is 158 cm³/mol. The zero-order valence-electron chi connectivity index (χ0n) is 23.2. The number of carboxylic acid groups (broad SMARTS) is 1. The highest BCUT2D eigenvalue weighted by atomic mass is 32.1. The van der Waals surface area contributed by atoms with Crippen LogP contribution in [0.1, 0.15) is 49.9 Å². The minimum absolute atomic E-state index is 0.0539. The topological polar surface area (TPSA) is 127 Å². The number of carboxylic acids is 1. The average Bonchev–Trinajstić information content (AvgIpc) is 3.54. The van der Waals surface area contributed by atoms with Crippen LogP contribution in [0.4, 0.5) is 4.79 Å². The second kappa shape index (κ2) is 13.0. The molecule has 1 aromatic heterocycles. The van der Waals surface area contributed by atoms with E-state index in [9.17, 15) is 19.5 Å². The van der Waals surface area contributed by atoms with Gasteiger partial charge >= 0.3 is 12.1 Å².